The summed E-state index contributed by atoms with van der Waals surface area (Å²) < 4.78 is 5.43. The molecule has 2 fully saturated rings. The molecule has 150 valence electrons. The van der Waals surface area contributed by atoms with Crippen LogP contribution in [0.5, 0.6) is 0 Å². The molecule has 2 aliphatic rings. The second-order valence-corrected chi connectivity index (χ2v) is 8.17. The minimum absolute atomic E-state index is 0.101. The Morgan fingerprint density at radius 1 is 1.17 bits per heavy atom. The van der Waals surface area contributed by atoms with E-state index in [0.29, 0.717) is 10.1 Å². The highest BCUT2D eigenvalue weighted by molar-refractivity contribution is 8.18. The number of rotatable bonds is 4. The molecule has 4 rings (SSSR count). The zero-order chi connectivity index (χ0) is 20.2. The number of anilines is 1. The van der Waals surface area contributed by atoms with Gasteiger partial charge in [-0.15, -0.1) is 0 Å². The summed E-state index contributed by atoms with van der Waals surface area (Å²) in [7, 11) is 0. The van der Waals surface area contributed by atoms with Crippen molar-refractivity contribution in [3.8, 4) is 0 Å². The van der Waals surface area contributed by atoms with Gasteiger partial charge in [0.05, 0.1) is 23.8 Å². The molecular weight excluding hydrogens is 382 g/mol. The highest BCUT2D eigenvalue weighted by atomic mass is 32.2. The number of amidine groups is 1. The third-order valence-electron chi connectivity index (χ3n) is 5.14. The predicted molar refractivity (Wildman–Crippen MR) is 121 cm³/mol. The summed E-state index contributed by atoms with van der Waals surface area (Å²) in [5.41, 5.74) is 5.52. The first kappa shape index (κ1) is 19.7. The van der Waals surface area contributed by atoms with E-state index in [9.17, 15) is 4.79 Å². The molecule has 5 nitrogen and oxygen atoms in total. The maximum Gasteiger partial charge on any atom is 0.264 e. The lowest BCUT2D eigenvalue weighted by molar-refractivity contribution is -0.115. The molecule has 0 aliphatic carbocycles. The Morgan fingerprint density at radius 2 is 1.93 bits per heavy atom. The molecule has 2 aromatic carbocycles. The van der Waals surface area contributed by atoms with E-state index in [1.165, 1.54) is 23.0 Å². The second kappa shape index (κ2) is 8.84. The first-order valence-electron chi connectivity index (χ1n) is 9.94. The van der Waals surface area contributed by atoms with Gasteiger partial charge in [-0.05, 0) is 72.1 Å². The molecule has 29 heavy (non-hydrogen) atoms. The number of aryl methyl sites for hydroxylation is 2. The molecular formula is C23H25N3O2S. The Kier molecular flexibility index (Phi) is 6.02. The summed E-state index contributed by atoms with van der Waals surface area (Å²) in [5.74, 6) is -0.101. The molecule has 0 spiro atoms. The number of carbonyl (C=O) groups is 1. The molecule has 0 aromatic heterocycles. The number of carbonyl (C=O) groups excluding carboxylic acids is 1. The fraction of sp³-hybridized carbons (Fsp3) is 0.304. The fourth-order valence-corrected chi connectivity index (χ4v) is 4.22. The molecule has 0 radical (unpaired) electrons. The summed E-state index contributed by atoms with van der Waals surface area (Å²) in [5, 5.41) is 3.49. The average molecular weight is 408 g/mol. The van der Waals surface area contributed by atoms with Crippen molar-refractivity contribution in [3.05, 3.63) is 64.1 Å². The lowest BCUT2D eigenvalue weighted by Gasteiger charge is -2.29. The van der Waals surface area contributed by atoms with E-state index in [-0.39, 0.29) is 5.91 Å². The quantitative estimate of drug-likeness (QED) is 0.769. The Bertz CT molecular complexity index is 961. The van der Waals surface area contributed by atoms with Gasteiger partial charge in [-0.2, -0.15) is 0 Å². The van der Waals surface area contributed by atoms with Crippen LogP contribution in [0, 0.1) is 6.92 Å². The van der Waals surface area contributed by atoms with Crippen molar-refractivity contribution >= 4 is 40.3 Å². The van der Waals surface area contributed by atoms with Crippen molar-refractivity contribution in [3.63, 3.8) is 0 Å². The maximum absolute atomic E-state index is 12.4. The summed E-state index contributed by atoms with van der Waals surface area (Å²) in [6, 6.07) is 14.5. The number of benzene rings is 2. The molecule has 2 aromatic rings. The van der Waals surface area contributed by atoms with Crippen molar-refractivity contribution in [1.82, 2.24) is 5.32 Å². The van der Waals surface area contributed by atoms with Crippen molar-refractivity contribution in [2.75, 3.05) is 31.2 Å². The van der Waals surface area contributed by atoms with Gasteiger partial charge in [0, 0.05) is 18.8 Å². The summed E-state index contributed by atoms with van der Waals surface area (Å²) >= 11 is 1.38. The summed E-state index contributed by atoms with van der Waals surface area (Å²) in [6.07, 6.45) is 2.94. The number of amides is 1. The number of nitrogens with one attached hydrogen (secondary N) is 1. The van der Waals surface area contributed by atoms with Crippen LogP contribution in [0.15, 0.2) is 52.4 Å². The van der Waals surface area contributed by atoms with Crippen molar-refractivity contribution in [2.45, 2.75) is 20.3 Å². The van der Waals surface area contributed by atoms with Gasteiger partial charge in [0.25, 0.3) is 5.91 Å². The van der Waals surface area contributed by atoms with Crippen LogP contribution in [0.2, 0.25) is 0 Å². The van der Waals surface area contributed by atoms with Gasteiger partial charge in [-0.1, -0.05) is 25.1 Å². The number of thioether (sulfide) groups is 1. The van der Waals surface area contributed by atoms with E-state index in [1.807, 2.05) is 18.2 Å². The third-order valence-corrected chi connectivity index (χ3v) is 6.05. The molecule has 0 bridgehead atoms. The second-order valence-electron chi connectivity index (χ2n) is 7.14. The normalized spacial score (nSPS) is 19.8. The smallest absolute Gasteiger partial charge is 0.264 e. The predicted octanol–water partition coefficient (Wildman–Crippen LogP) is 4.29. The number of ether oxygens (including phenoxy) is 1. The standard InChI is InChI=1S/C23H25N3O2S/c1-3-17-4-7-19(8-5-17)24-23-25-22(27)21(29-23)15-18-6-9-20(14-16(18)2)26-10-12-28-13-11-26/h4-9,14-15H,3,10-13H2,1-2H3,(H,24,25,27)/b21-15-. The topological polar surface area (TPSA) is 53.9 Å². The zero-order valence-corrected chi connectivity index (χ0v) is 17.6. The Morgan fingerprint density at radius 3 is 2.62 bits per heavy atom. The lowest BCUT2D eigenvalue weighted by Crippen LogP contribution is -2.36. The van der Waals surface area contributed by atoms with E-state index in [2.05, 4.69) is 59.4 Å². The van der Waals surface area contributed by atoms with E-state index in [4.69, 9.17) is 4.74 Å². The number of nitrogens with zero attached hydrogens (tertiary/aromatic N) is 2. The van der Waals surface area contributed by atoms with Crippen molar-refractivity contribution < 1.29 is 9.53 Å². The van der Waals surface area contributed by atoms with E-state index in [0.717, 1.165) is 49.5 Å². The number of morpholine rings is 1. The van der Waals surface area contributed by atoms with Crippen LogP contribution in [0.1, 0.15) is 23.6 Å². The molecule has 0 atom stereocenters. The van der Waals surface area contributed by atoms with Crippen LogP contribution < -0.4 is 10.2 Å². The molecule has 0 saturated carbocycles. The first-order valence-corrected chi connectivity index (χ1v) is 10.8. The molecule has 0 unspecified atom stereocenters. The SMILES string of the molecule is CCc1ccc(N=C2NC(=O)/C(=C/c3ccc(N4CCOCC4)cc3C)S2)cc1. The Hall–Kier alpha value is -2.57. The van der Waals surface area contributed by atoms with E-state index in [1.54, 1.807) is 0 Å². The van der Waals surface area contributed by atoms with Gasteiger partial charge in [0.15, 0.2) is 5.17 Å². The fourth-order valence-electron chi connectivity index (χ4n) is 3.39. The lowest BCUT2D eigenvalue weighted by atomic mass is 10.1. The first-order chi connectivity index (χ1) is 14.1. The van der Waals surface area contributed by atoms with Gasteiger partial charge in [0.1, 0.15) is 0 Å². The minimum atomic E-state index is -0.101. The highest BCUT2D eigenvalue weighted by Gasteiger charge is 2.24. The van der Waals surface area contributed by atoms with Crippen LogP contribution in [0.25, 0.3) is 6.08 Å². The van der Waals surface area contributed by atoms with Crippen LogP contribution >= 0.6 is 11.8 Å². The molecule has 2 aliphatic heterocycles. The molecule has 1 N–H and O–H groups in total. The van der Waals surface area contributed by atoms with Gasteiger partial charge in [-0.3, -0.25) is 4.79 Å². The molecule has 2 saturated heterocycles. The van der Waals surface area contributed by atoms with Crippen molar-refractivity contribution in [1.29, 1.82) is 0 Å². The number of aliphatic imine (C=N–C) groups is 1. The van der Waals surface area contributed by atoms with Crippen LogP contribution in [0.3, 0.4) is 0 Å². The van der Waals surface area contributed by atoms with E-state index < -0.39 is 0 Å². The Balaban J connectivity index is 1.50. The maximum atomic E-state index is 12.4. The number of hydrogen-bond donors (Lipinski definition) is 1. The van der Waals surface area contributed by atoms with Gasteiger partial charge < -0.3 is 15.0 Å². The van der Waals surface area contributed by atoms with Gasteiger partial charge >= 0.3 is 0 Å². The van der Waals surface area contributed by atoms with Gasteiger partial charge in [0.2, 0.25) is 0 Å². The number of hydrogen-bond acceptors (Lipinski definition) is 5. The molecule has 1 amide bonds. The average Bonchev–Trinajstić information content (AvgIpc) is 3.09. The Labute approximate surface area is 175 Å². The minimum Gasteiger partial charge on any atom is -0.378 e. The summed E-state index contributed by atoms with van der Waals surface area (Å²) in [4.78, 5) is 20.0. The van der Waals surface area contributed by atoms with Crippen molar-refractivity contribution in [2.24, 2.45) is 4.99 Å². The molecule has 6 heteroatoms. The highest BCUT2D eigenvalue weighted by Crippen LogP contribution is 2.30. The van der Waals surface area contributed by atoms with Crippen LogP contribution in [0.4, 0.5) is 11.4 Å². The van der Waals surface area contributed by atoms with Crippen LogP contribution in [-0.4, -0.2) is 37.4 Å². The zero-order valence-electron chi connectivity index (χ0n) is 16.8. The summed E-state index contributed by atoms with van der Waals surface area (Å²) in [6.45, 7) is 7.57. The third kappa shape index (κ3) is 4.71. The van der Waals surface area contributed by atoms with E-state index >= 15 is 0 Å². The van der Waals surface area contributed by atoms with Crippen LogP contribution in [-0.2, 0) is 16.0 Å². The largest absolute Gasteiger partial charge is 0.378 e. The molecule has 2 heterocycles. The van der Waals surface area contributed by atoms with Gasteiger partial charge in [-0.25, -0.2) is 4.99 Å². The monoisotopic (exact) mass is 407 g/mol.